The molecule has 2 heterocycles. The van der Waals surface area contributed by atoms with Crippen LogP contribution in [0.2, 0.25) is 0 Å². The SMILES string of the molecule is CCNCc1cnc(C)cc1Oc1cc(C)nn1C. The van der Waals surface area contributed by atoms with Gasteiger partial charge in [0.05, 0.1) is 5.69 Å². The van der Waals surface area contributed by atoms with Crippen LogP contribution in [0.1, 0.15) is 23.9 Å². The average molecular weight is 260 g/mol. The Labute approximate surface area is 113 Å². The Balaban J connectivity index is 2.27. The lowest BCUT2D eigenvalue weighted by Gasteiger charge is -2.11. The third kappa shape index (κ3) is 3.32. The Hall–Kier alpha value is -1.88. The Bertz CT molecular complexity index is 563. The molecule has 0 amide bonds. The van der Waals surface area contributed by atoms with Gasteiger partial charge in [-0.3, -0.25) is 4.98 Å². The summed E-state index contributed by atoms with van der Waals surface area (Å²) >= 11 is 0. The fraction of sp³-hybridized carbons (Fsp3) is 0.429. The number of hydrogen-bond donors (Lipinski definition) is 1. The van der Waals surface area contributed by atoms with Gasteiger partial charge in [0.1, 0.15) is 5.75 Å². The number of ether oxygens (including phenoxy) is 1. The van der Waals surface area contributed by atoms with E-state index in [0.717, 1.165) is 41.7 Å². The lowest BCUT2D eigenvalue weighted by molar-refractivity contribution is 0.423. The van der Waals surface area contributed by atoms with Gasteiger partial charge in [0.25, 0.3) is 0 Å². The van der Waals surface area contributed by atoms with Crippen LogP contribution in [0.25, 0.3) is 0 Å². The second-order valence-corrected chi connectivity index (χ2v) is 4.56. The molecule has 2 rings (SSSR count). The van der Waals surface area contributed by atoms with E-state index in [2.05, 4.69) is 22.3 Å². The summed E-state index contributed by atoms with van der Waals surface area (Å²) in [7, 11) is 1.88. The van der Waals surface area contributed by atoms with E-state index >= 15 is 0 Å². The van der Waals surface area contributed by atoms with Gasteiger partial charge in [-0.2, -0.15) is 5.10 Å². The molecule has 2 aromatic rings. The van der Waals surface area contributed by atoms with Crippen LogP contribution >= 0.6 is 0 Å². The van der Waals surface area contributed by atoms with Crippen molar-refractivity contribution >= 4 is 0 Å². The number of pyridine rings is 1. The van der Waals surface area contributed by atoms with Crippen LogP contribution in [0.15, 0.2) is 18.3 Å². The second kappa shape index (κ2) is 5.84. The van der Waals surface area contributed by atoms with E-state index < -0.39 is 0 Å². The van der Waals surface area contributed by atoms with Crippen molar-refractivity contribution in [2.75, 3.05) is 6.54 Å². The zero-order valence-corrected chi connectivity index (χ0v) is 11.9. The molecule has 0 fully saturated rings. The quantitative estimate of drug-likeness (QED) is 0.896. The van der Waals surface area contributed by atoms with Crippen LogP contribution in [0.5, 0.6) is 11.6 Å². The van der Waals surface area contributed by atoms with Crippen molar-refractivity contribution in [2.45, 2.75) is 27.3 Å². The maximum absolute atomic E-state index is 5.96. The highest BCUT2D eigenvalue weighted by atomic mass is 16.5. The number of nitrogens with one attached hydrogen (secondary N) is 1. The van der Waals surface area contributed by atoms with E-state index in [9.17, 15) is 0 Å². The largest absolute Gasteiger partial charge is 0.439 e. The monoisotopic (exact) mass is 260 g/mol. The number of aromatic nitrogens is 3. The predicted octanol–water partition coefficient (Wildman–Crippen LogP) is 2.33. The first-order valence-electron chi connectivity index (χ1n) is 6.45. The maximum atomic E-state index is 5.96. The minimum absolute atomic E-state index is 0.737. The smallest absolute Gasteiger partial charge is 0.217 e. The van der Waals surface area contributed by atoms with Crippen molar-refractivity contribution in [2.24, 2.45) is 7.05 Å². The molecule has 0 unspecified atom stereocenters. The minimum Gasteiger partial charge on any atom is -0.439 e. The summed E-state index contributed by atoms with van der Waals surface area (Å²) in [4.78, 5) is 4.32. The van der Waals surface area contributed by atoms with Crippen molar-refractivity contribution in [3.63, 3.8) is 0 Å². The van der Waals surface area contributed by atoms with E-state index in [1.807, 2.05) is 39.2 Å². The van der Waals surface area contributed by atoms with Gasteiger partial charge in [-0.1, -0.05) is 6.92 Å². The summed E-state index contributed by atoms with van der Waals surface area (Å²) in [5.41, 5.74) is 2.93. The maximum Gasteiger partial charge on any atom is 0.217 e. The van der Waals surface area contributed by atoms with Gasteiger partial charge in [-0.05, 0) is 20.4 Å². The highest BCUT2D eigenvalue weighted by Crippen LogP contribution is 2.25. The van der Waals surface area contributed by atoms with Gasteiger partial charge in [0.15, 0.2) is 0 Å². The van der Waals surface area contributed by atoms with Crippen LogP contribution < -0.4 is 10.1 Å². The number of rotatable bonds is 5. The van der Waals surface area contributed by atoms with Crippen molar-refractivity contribution in [3.05, 3.63) is 35.3 Å². The molecule has 5 heteroatoms. The van der Waals surface area contributed by atoms with Crippen molar-refractivity contribution in [3.8, 4) is 11.6 Å². The van der Waals surface area contributed by atoms with Gasteiger partial charge in [-0.25, -0.2) is 4.68 Å². The molecule has 0 spiro atoms. The average Bonchev–Trinajstić information content (AvgIpc) is 2.67. The molecule has 0 aliphatic heterocycles. The number of nitrogens with zero attached hydrogens (tertiary/aromatic N) is 3. The summed E-state index contributed by atoms with van der Waals surface area (Å²) < 4.78 is 7.70. The highest BCUT2D eigenvalue weighted by Gasteiger charge is 2.09. The van der Waals surface area contributed by atoms with E-state index in [-0.39, 0.29) is 0 Å². The molecule has 0 bridgehead atoms. The zero-order chi connectivity index (χ0) is 13.8. The molecule has 0 aromatic carbocycles. The van der Waals surface area contributed by atoms with Crippen molar-refractivity contribution in [1.82, 2.24) is 20.1 Å². The third-order valence-corrected chi connectivity index (χ3v) is 2.82. The van der Waals surface area contributed by atoms with E-state index in [1.165, 1.54) is 0 Å². The van der Waals surface area contributed by atoms with Crippen LogP contribution in [-0.4, -0.2) is 21.3 Å². The van der Waals surface area contributed by atoms with Crippen molar-refractivity contribution < 1.29 is 4.74 Å². The first-order chi connectivity index (χ1) is 9.10. The van der Waals surface area contributed by atoms with Gasteiger partial charge in [0, 0.05) is 43.2 Å². The molecule has 0 aliphatic carbocycles. The van der Waals surface area contributed by atoms with E-state index in [4.69, 9.17) is 4.74 Å². The van der Waals surface area contributed by atoms with E-state index in [1.54, 1.807) is 4.68 Å². The fourth-order valence-corrected chi connectivity index (χ4v) is 1.85. The molecular formula is C14H20N4O. The Morgan fingerprint density at radius 1 is 1.26 bits per heavy atom. The summed E-state index contributed by atoms with van der Waals surface area (Å²) in [5, 5.41) is 7.57. The normalized spacial score (nSPS) is 10.7. The van der Waals surface area contributed by atoms with Gasteiger partial charge in [0.2, 0.25) is 5.88 Å². The molecule has 0 saturated heterocycles. The van der Waals surface area contributed by atoms with Gasteiger partial charge in [-0.15, -0.1) is 0 Å². The molecule has 5 nitrogen and oxygen atoms in total. The lowest BCUT2D eigenvalue weighted by Crippen LogP contribution is -2.13. The van der Waals surface area contributed by atoms with Crippen LogP contribution in [0.3, 0.4) is 0 Å². The number of hydrogen-bond acceptors (Lipinski definition) is 4. The van der Waals surface area contributed by atoms with E-state index in [0.29, 0.717) is 0 Å². The predicted molar refractivity (Wildman–Crippen MR) is 74.4 cm³/mol. The Morgan fingerprint density at radius 2 is 2.05 bits per heavy atom. The molecule has 0 atom stereocenters. The standard InChI is InChI=1S/C14H20N4O/c1-5-15-8-12-9-16-10(2)6-13(12)19-14-7-11(3)17-18(14)4/h6-7,9,15H,5,8H2,1-4H3. The Kier molecular flexibility index (Phi) is 4.16. The molecule has 0 aliphatic rings. The molecule has 102 valence electrons. The third-order valence-electron chi connectivity index (χ3n) is 2.82. The zero-order valence-electron chi connectivity index (χ0n) is 11.9. The fourth-order valence-electron chi connectivity index (χ4n) is 1.85. The van der Waals surface area contributed by atoms with Crippen LogP contribution in [-0.2, 0) is 13.6 Å². The molecule has 2 aromatic heterocycles. The molecular weight excluding hydrogens is 240 g/mol. The van der Waals surface area contributed by atoms with Crippen molar-refractivity contribution in [1.29, 1.82) is 0 Å². The first kappa shape index (κ1) is 13.5. The van der Waals surface area contributed by atoms with Crippen LogP contribution in [0.4, 0.5) is 0 Å². The Morgan fingerprint density at radius 3 is 2.68 bits per heavy atom. The molecule has 0 saturated carbocycles. The minimum atomic E-state index is 0.737. The highest BCUT2D eigenvalue weighted by molar-refractivity contribution is 5.36. The molecule has 19 heavy (non-hydrogen) atoms. The van der Waals surface area contributed by atoms with Crippen LogP contribution in [0, 0.1) is 13.8 Å². The summed E-state index contributed by atoms with van der Waals surface area (Å²) in [5.74, 6) is 1.57. The number of aryl methyl sites for hydroxylation is 3. The lowest BCUT2D eigenvalue weighted by atomic mass is 10.2. The first-order valence-corrected chi connectivity index (χ1v) is 6.45. The topological polar surface area (TPSA) is 52.0 Å². The summed E-state index contributed by atoms with van der Waals surface area (Å²) in [6.45, 7) is 7.64. The molecule has 1 N–H and O–H groups in total. The van der Waals surface area contributed by atoms with Gasteiger partial charge < -0.3 is 10.1 Å². The summed E-state index contributed by atoms with van der Waals surface area (Å²) in [6.07, 6.45) is 1.86. The summed E-state index contributed by atoms with van der Waals surface area (Å²) in [6, 6.07) is 3.88. The van der Waals surface area contributed by atoms with Gasteiger partial charge >= 0.3 is 0 Å². The second-order valence-electron chi connectivity index (χ2n) is 4.56. The molecule has 0 radical (unpaired) electrons.